The van der Waals surface area contributed by atoms with Crippen molar-refractivity contribution in [3.05, 3.63) is 66.1 Å². The molecule has 100 valence electrons. The highest BCUT2D eigenvalue weighted by atomic mass is 19.1. The number of nitrogens with zero attached hydrogens (tertiary/aromatic N) is 1. The summed E-state index contributed by atoms with van der Waals surface area (Å²) in [6.07, 6.45) is 1.67. The second-order valence-electron chi connectivity index (χ2n) is 4.59. The SMILES string of the molecule is Nc1cc(F)cc2c(NCc3ccccc3)nccc12. The molecule has 1 aromatic heterocycles. The van der Waals surface area contributed by atoms with Crippen LogP contribution in [0.5, 0.6) is 0 Å². The fraction of sp³-hybridized carbons (Fsp3) is 0.0625. The molecule has 0 fully saturated rings. The van der Waals surface area contributed by atoms with Gasteiger partial charge in [0.05, 0.1) is 0 Å². The molecule has 3 nitrogen and oxygen atoms in total. The number of rotatable bonds is 3. The number of benzene rings is 2. The molecule has 0 atom stereocenters. The molecular weight excluding hydrogens is 253 g/mol. The molecule has 2 aromatic carbocycles. The van der Waals surface area contributed by atoms with Gasteiger partial charge in [-0.05, 0) is 23.8 Å². The summed E-state index contributed by atoms with van der Waals surface area (Å²) < 4.78 is 13.5. The zero-order chi connectivity index (χ0) is 13.9. The highest BCUT2D eigenvalue weighted by molar-refractivity contribution is 5.99. The fourth-order valence-corrected chi connectivity index (χ4v) is 2.20. The first kappa shape index (κ1) is 12.4. The Balaban J connectivity index is 1.95. The summed E-state index contributed by atoms with van der Waals surface area (Å²) in [7, 11) is 0. The van der Waals surface area contributed by atoms with E-state index in [9.17, 15) is 4.39 Å². The Bertz CT molecular complexity index is 741. The minimum Gasteiger partial charge on any atom is -0.398 e. The van der Waals surface area contributed by atoms with Gasteiger partial charge in [-0.2, -0.15) is 0 Å². The molecule has 0 saturated carbocycles. The standard InChI is InChI=1S/C16H14FN3/c17-12-8-14-13(15(18)9-12)6-7-19-16(14)20-10-11-4-2-1-3-5-11/h1-9H,10,18H2,(H,19,20). The predicted molar refractivity (Wildman–Crippen MR) is 79.9 cm³/mol. The minimum atomic E-state index is -0.356. The van der Waals surface area contributed by atoms with Gasteiger partial charge in [0.1, 0.15) is 11.6 Å². The molecule has 3 rings (SSSR count). The molecule has 3 N–H and O–H groups in total. The number of nitrogens with one attached hydrogen (secondary N) is 1. The maximum Gasteiger partial charge on any atom is 0.134 e. The average Bonchev–Trinajstić information content (AvgIpc) is 2.46. The number of halogens is 1. The van der Waals surface area contributed by atoms with E-state index in [0.29, 0.717) is 23.4 Å². The molecule has 4 heteroatoms. The van der Waals surface area contributed by atoms with Crippen molar-refractivity contribution in [3.8, 4) is 0 Å². The van der Waals surface area contributed by atoms with Crippen LogP contribution in [0, 0.1) is 5.82 Å². The van der Waals surface area contributed by atoms with Gasteiger partial charge in [0.25, 0.3) is 0 Å². The third kappa shape index (κ3) is 2.40. The summed E-state index contributed by atoms with van der Waals surface area (Å²) in [5, 5.41) is 4.72. The van der Waals surface area contributed by atoms with E-state index in [1.165, 1.54) is 12.1 Å². The first-order valence-electron chi connectivity index (χ1n) is 6.35. The second-order valence-corrected chi connectivity index (χ2v) is 4.59. The lowest BCUT2D eigenvalue weighted by Gasteiger charge is -2.10. The summed E-state index contributed by atoms with van der Waals surface area (Å²) in [5.41, 5.74) is 7.39. The van der Waals surface area contributed by atoms with Gasteiger partial charge >= 0.3 is 0 Å². The molecule has 0 saturated heterocycles. The smallest absolute Gasteiger partial charge is 0.134 e. The molecule has 0 amide bonds. The Hall–Kier alpha value is -2.62. The lowest BCUT2D eigenvalue weighted by Crippen LogP contribution is -2.02. The van der Waals surface area contributed by atoms with Crippen LogP contribution in [0.1, 0.15) is 5.56 Å². The van der Waals surface area contributed by atoms with Gasteiger partial charge in [0.15, 0.2) is 0 Å². The van der Waals surface area contributed by atoms with Crippen molar-refractivity contribution in [2.45, 2.75) is 6.54 Å². The van der Waals surface area contributed by atoms with E-state index in [4.69, 9.17) is 5.73 Å². The summed E-state index contributed by atoms with van der Waals surface area (Å²) in [5.74, 6) is 0.281. The molecule has 0 spiro atoms. The van der Waals surface area contributed by atoms with Crippen LogP contribution in [0.25, 0.3) is 10.8 Å². The Morgan fingerprint density at radius 1 is 1.05 bits per heavy atom. The van der Waals surface area contributed by atoms with Crippen LogP contribution in [0.15, 0.2) is 54.7 Å². The van der Waals surface area contributed by atoms with Crippen LogP contribution in [0.3, 0.4) is 0 Å². The quantitative estimate of drug-likeness (QED) is 0.713. The van der Waals surface area contributed by atoms with Crippen LogP contribution in [-0.2, 0) is 6.54 Å². The van der Waals surface area contributed by atoms with Crippen molar-refractivity contribution in [2.75, 3.05) is 11.1 Å². The topological polar surface area (TPSA) is 50.9 Å². The van der Waals surface area contributed by atoms with Crippen molar-refractivity contribution in [2.24, 2.45) is 0 Å². The molecule has 0 aliphatic heterocycles. The van der Waals surface area contributed by atoms with E-state index in [0.717, 1.165) is 10.9 Å². The molecule has 0 unspecified atom stereocenters. The zero-order valence-electron chi connectivity index (χ0n) is 10.8. The third-order valence-corrected chi connectivity index (χ3v) is 3.18. The predicted octanol–water partition coefficient (Wildman–Crippen LogP) is 3.57. The summed E-state index contributed by atoms with van der Waals surface area (Å²) in [6.45, 7) is 0.628. The van der Waals surface area contributed by atoms with E-state index in [1.807, 2.05) is 30.3 Å². The van der Waals surface area contributed by atoms with Gasteiger partial charge < -0.3 is 11.1 Å². The van der Waals surface area contributed by atoms with E-state index in [1.54, 1.807) is 12.3 Å². The van der Waals surface area contributed by atoms with Crippen molar-refractivity contribution < 1.29 is 4.39 Å². The normalized spacial score (nSPS) is 10.7. The average molecular weight is 267 g/mol. The van der Waals surface area contributed by atoms with Gasteiger partial charge in [-0.15, -0.1) is 0 Å². The van der Waals surface area contributed by atoms with Gasteiger partial charge in [0, 0.05) is 29.2 Å². The third-order valence-electron chi connectivity index (χ3n) is 3.18. The zero-order valence-corrected chi connectivity index (χ0v) is 10.8. The maximum atomic E-state index is 13.5. The Kier molecular flexibility index (Phi) is 3.21. The van der Waals surface area contributed by atoms with E-state index < -0.39 is 0 Å². The molecule has 0 aliphatic rings. The van der Waals surface area contributed by atoms with Gasteiger partial charge in [0.2, 0.25) is 0 Å². The molecular formula is C16H14FN3. The van der Waals surface area contributed by atoms with E-state index >= 15 is 0 Å². The van der Waals surface area contributed by atoms with E-state index in [-0.39, 0.29) is 5.82 Å². The van der Waals surface area contributed by atoms with Crippen molar-refractivity contribution in [1.82, 2.24) is 4.98 Å². The van der Waals surface area contributed by atoms with Crippen molar-refractivity contribution >= 4 is 22.3 Å². The monoisotopic (exact) mass is 267 g/mol. The van der Waals surface area contributed by atoms with Crippen LogP contribution in [0.2, 0.25) is 0 Å². The largest absolute Gasteiger partial charge is 0.398 e. The molecule has 20 heavy (non-hydrogen) atoms. The number of fused-ring (bicyclic) bond motifs is 1. The highest BCUT2D eigenvalue weighted by Crippen LogP contribution is 2.27. The molecule has 1 heterocycles. The molecule has 0 aliphatic carbocycles. The maximum absolute atomic E-state index is 13.5. The van der Waals surface area contributed by atoms with Gasteiger partial charge in [-0.1, -0.05) is 30.3 Å². The first-order chi connectivity index (χ1) is 9.74. The number of hydrogen-bond acceptors (Lipinski definition) is 3. The fourth-order valence-electron chi connectivity index (χ4n) is 2.20. The van der Waals surface area contributed by atoms with Crippen molar-refractivity contribution in [3.63, 3.8) is 0 Å². The van der Waals surface area contributed by atoms with Crippen molar-refractivity contribution in [1.29, 1.82) is 0 Å². The molecule has 0 bridgehead atoms. The summed E-state index contributed by atoms with van der Waals surface area (Å²) in [4.78, 5) is 4.27. The minimum absolute atomic E-state index is 0.356. The number of pyridine rings is 1. The number of hydrogen-bond donors (Lipinski definition) is 2. The Morgan fingerprint density at radius 3 is 2.65 bits per heavy atom. The number of aromatic nitrogens is 1. The lowest BCUT2D eigenvalue weighted by molar-refractivity contribution is 0.630. The van der Waals surface area contributed by atoms with Gasteiger partial charge in [-0.3, -0.25) is 0 Å². The Morgan fingerprint density at radius 2 is 1.85 bits per heavy atom. The number of nitrogens with two attached hydrogens (primary N) is 1. The highest BCUT2D eigenvalue weighted by Gasteiger charge is 2.07. The molecule has 0 radical (unpaired) electrons. The number of nitrogen functional groups attached to an aromatic ring is 1. The van der Waals surface area contributed by atoms with Crippen LogP contribution in [0.4, 0.5) is 15.9 Å². The Labute approximate surface area is 116 Å². The molecule has 3 aromatic rings. The summed E-state index contributed by atoms with van der Waals surface area (Å²) in [6, 6.07) is 14.5. The van der Waals surface area contributed by atoms with E-state index in [2.05, 4.69) is 10.3 Å². The van der Waals surface area contributed by atoms with Crippen LogP contribution < -0.4 is 11.1 Å². The van der Waals surface area contributed by atoms with Gasteiger partial charge in [-0.25, -0.2) is 9.37 Å². The number of anilines is 2. The lowest BCUT2D eigenvalue weighted by atomic mass is 10.1. The second kappa shape index (κ2) is 5.17. The van der Waals surface area contributed by atoms with Crippen LogP contribution >= 0.6 is 0 Å². The van der Waals surface area contributed by atoms with Crippen LogP contribution in [-0.4, -0.2) is 4.98 Å². The first-order valence-corrected chi connectivity index (χ1v) is 6.35. The summed E-state index contributed by atoms with van der Waals surface area (Å²) >= 11 is 0.